The summed E-state index contributed by atoms with van der Waals surface area (Å²) in [5.74, 6) is 0.550. The molecular weight excluding hydrogens is 398 g/mol. The number of aryl methyl sites for hydroxylation is 1. The minimum absolute atomic E-state index is 0.550. The lowest BCUT2D eigenvalue weighted by Crippen LogP contribution is -2.06. The summed E-state index contributed by atoms with van der Waals surface area (Å²) in [4.78, 5) is 4.73. The zero-order chi connectivity index (χ0) is 22.4. The van der Waals surface area contributed by atoms with E-state index in [9.17, 15) is 0 Å². The highest BCUT2D eigenvalue weighted by Gasteiger charge is 2.19. The molecule has 33 heavy (non-hydrogen) atoms. The third-order valence-electron chi connectivity index (χ3n) is 6.97. The van der Waals surface area contributed by atoms with E-state index in [-0.39, 0.29) is 0 Å². The smallest absolute Gasteiger partial charge is 0.0780 e. The molecule has 1 unspecified atom stereocenters. The molecule has 0 saturated heterocycles. The first kappa shape index (κ1) is 19.9. The van der Waals surface area contributed by atoms with Crippen LogP contribution in [0.5, 0.6) is 0 Å². The van der Waals surface area contributed by atoms with Gasteiger partial charge in [0, 0.05) is 17.1 Å². The SMILES string of the molecule is CCc1cc(-c2cc3ccccc3c3c2CC(C)C=C3)cc(-c2cccc3cccnc23)c1. The van der Waals surface area contributed by atoms with Crippen LogP contribution in [0.25, 0.3) is 50.0 Å². The minimum atomic E-state index is 0.550. The number of nitrogens with zero attached hydrogens (tertiary/aromatic N) is 1. The Hall–Kier alpha value is -3.71. The van der Waals surface area contributed by atoms with E-state index in [2.05, 4.69) is 98.8 Å². The first-order valence-electron chi connectivity index (χ1n) is 11.9. The van der Waals surface area contributed by atoms with Crippen LogP contribution in [0, 0.1) is 5.92 Å². The van der Waals surface area contributed by atoms with Crippen molar-refractivity contribution in [1.82, 2.24) is 4.98 Å². The van der Waals surface area contributed by atoms with Gasteiger partial charge in [-0.15, -0.1) is 0 Å². The summed E-state index contributed by atoms with van der Waals surface area (Å²) < 4.78 is 0. The Balaban J connectivity index is 1.63. The normalized spacial score (nSPS) is 15.2. The van der Waals surface area contributed by atoms with Gasteiger partial charge in [-0.1, -0.05) is 86.7 Å². The summed E-state index contributed by atoms with van der Waals surface area (Å²) in [6.45, 7) is 4.55. The molecule has 1 nitrogen and oxygen atoms in total. The molecule has 1 aliphatic rings. The van der Waals surface area contributed by atoms with E-state index in [1.807, 2.05) is 12.3 Å². The van der Waals surface area contributed by atoms with E-state index in [1.165, 1.54) is 55.1 Å². The predicted octanol–water partition coefficient (Wildman–Crippen LogP) is 8.49. The lowest BCUT2D eigenvalue weighted by atomic mass is 9.81. The predicted molar refractivity (Wildman–Crippen MR) is 141 cm³/mol. The lowest BCUT2D eigenvalue weighted by molar-refractivity contribution is 0.719. The summed E-state index contributed by atoms with van der Waals surface area (Å²) in [5, 5.41) is 3.84. The van der Waals surface area contributed by atoms with Crippen LogP contribution in [0.3, 0.4) is 0 Å². The third kappa shape index (κ3) is 3.45. The molecule has 1 aliphatic carbocycles. The van der Waals surface area contributed by atoms with Gasteiger partial charge in [0.15, 0.2) is 0 Å². The maximum Gasteiger partial charge on any atom is 0.0780 e. The van der Waals surface area contributed by atoms with Crippen molar-refractivity contribution >= 4 is 27.8 Å². The number of benzene rings is 4. The number of allylic oxidation sites excluding steroid dienone is 1. The quantitative estimate of drug-likeness (QED) is 0.282. The highest BCUT2D eigenvalue weighted by molar-refractivity contribution is 5.99. The first-order valence-corrected chi connectivity index (χ1v) is 11.9. The Labute approximate surface area is 195 Å². The summed E-state index contributed by atoms with van der Waals surface area (Å²) >= 11 is 0. The zero-order valence-corrected chi connectivity index (χ0v) is 19.2. The molecule has 0 fully saturated rings. The monoisotopic (exact) mass is 425 g/mol. The second-order valence-corrected chi connectivity index (χ2v) is 9.23. The highest BCUT2D eigenvalue weighted by atomic mass is 14.6. The number of aromatic nitrogens is 1. The van der Waals surface area contributed by atoms with E-state index in [0.717, 1.165) is 18.4 Å². The molecule has 0 aliphatic heterocycles. The maximum absolute atomic E-state index is 4.73. The van der Waals surface area contributed by atoms with Gasteiger partial charge in [0.2, 0.25) is 0 Å². The largest absolute Gasteiger partial charge is 0.256 e. The summed E-state index contributed by atoms with van der Waals surface area (Å²) in [6, 6.07) is 28.9. The Morgan fingerprint density at radius 1 is 0.818 bits per heavy atom. The standard InChI is InChI=1S/C32H27N/c1-3-22-17-25(28-12-6-9-23-10-7-15-33-32(23)28)19-26(18-22)30-20-24-8-4-5-11-27(24)29-14-13-21(2)16-31(29)30/h4-15,17-21H,3,16H2,1-2H3. The van der Waals surface area contributed by atoms with Gasteiger partial charge in [0.25, 0.3) is 0 Å². The van der Waals surface area contributed by atoms with E-state index >= 15 is 0 Å². The fourth-order valence-electron chi connectivity index (χ4n) is 5.28. The molecule has 0 N–H and O–H groups in total. The molecular formula is C32H27N. The van der Waals surface area contributed by atoms with Crippen LogP contribution >= 0.6 is 0 Å². The highest BCUT2D eigenvalue weighted by Crippen LogP contribution is 2.40. The van der Waals surface area contributed by atoms with Gasteiger partial charge >= 0.3 is 0 Å². The van der Waals surface area contributed by atoms with Gasteiger partial charge in [-0.2, -0.15) is 0 Å². The van der Waals surface area contributed by atoms with Crippen molar-refractivity contribution in [3.05, 3.63) is 108 Å². The number of pyridine rings is 1. The van der Waals surface area contributed by atoms with Gasteiger partial charge in [0.1, 0.15) is 0 Å². The number of hydrogen-bond donors (Lipinski definition) is 0. The van der Waals surface area contributed by atoms with Crippen LogP contribution in [0.2, 0.25) is 0 Å². The van der Waals surface area contributed by atoms with Crippen LogP contribution in [0.15, 0.2) is 91.1 Å². The van der Waals surface area contributed by atoms with Crippen LogP contribution in [-0.2, 0) is 12.8 Å². The summed E-state index contributed by atoms with van der Waals surface area (Å²) in [5.41, 5.74) is 10.4. The van der Waals surface area contributed by atoms with E-state index < -0.39 is 0 Å². The fraction of sp³-hybridized carbons (Fsp3) is 0.156. The Kier molecular flexibility index (Phi) is 4.84. The van der Waals surface area contributed by atoms with E-state index in [1.54, 1.807) is 0 Å². The molecule has 1 heterocycles. The van der Waals surface area contributed by atoms with Crippen molar-refractivity contribution in [1.29, 1.82) is 0 Å². The van der Waals surface area contributed by atoms with Gasteiger partial charge in [0.05, 0.1) is 5.52 Å². The van der Waals surface area contributed by atoms with E-state index in [4.69, 9.17) is 4.98 Å². The van der Waals surface area contributed by atoms with Gasteiger partial charge in [-0.05, 0) is 81.1 Å². The first-order chi connectivity index (χ1) is 16.2. The Morgan fingerprint density at radius 2 is 1.61 bits per heavy atom. The third-order valence-corrected chi connectivity index (χ3v) is 6.97. The molecule has 0 spiro atoms. The number of para-hydroxylation sites is 1. The Bertz CT molecular complexity index is 1530. The molecule has 0 bridgehead atoms. The molecule has 0 radical (unpaired) electrons. The van der Waals surface area contributed by atoms with E-state index in [0.29, 0.717) is 5.92 Å². The van der Waals surface area contributed by atoms with Crippen LogP contribution in [-0.4, -0.2) is 4.98 Å². The minimum Gasteiger partial charge on any atom is -0.256 e. The van der Waals surface area contributed by atoms with Gasteiger partial charge < -0.3 is 0 Å². The molecule has 1 aromatic heterocycles. The van der Waals surface area contributed by atoms with Gasteiger partial charge in [-0.3, -0.25) is 4.98 Å². The van der Waals surface area contributed by atoms with Crippen molar-refractivity contribution in [3.63, 3.8) is 0 Å². The van der Waals surface area contributed by atoms with Crippen LogP contribution < -0.4 is 0 Å². The molecule has 1 heteroatoms. The van der Waals surface area contributed by atoms with Gasteiger partial charge in [-0.25, -0.2) is 0 Å². The van der Waals surface area contributed by atoms with Crippen LogP contribution in [0.1, 0.15) is 30.5 Å². The summed E-state index contributed by atoms with van der Waals surface area (Å²) in [7, 11) is 0. The molecule has 0 amide bonds. The molecule has 0 saturated carbocycles. The van der Waals surface area contributed by atoms with Crippen molar-refractivity contribution in [2.24, 2.45) is 5.92 Å². The van der Waals surface area contributed by atoms with Crippen molar-refractivity contribution in [2.45, 2.75) is 26.7 Å². The molecule has 5 aromatic rings. The number of hydrogen-bond acceptors (Lipinski definition) is 1. The summed E-state index contributed by atoms with van der Waals surface area (Å²) in [6.07, 6.45) is 8.67. The average molecular weight is 426 g/mol. The van der Waals surface area contributed by atoms with Crippen molar-refractivity contribution in [2.75, 3.05) is 0 Å². The average Bonchev–Trinajstić information content (AvgIpc) is 2.87. The molecule has 1 atom stereocenters. The van der Waals surface area contributed by atoms with Crippen molar-refractivity contribution in [3.8, 4) is 22.3 Å². The maximum atomic E-state index is 4.73. The van der Waals surface area contributed by atoms with Crippen LogP contribution in [0.4, 0.5) is 0 Å². The lowest BCUT2D eigenvalue weighted by Gasteiger charge is -2.23. The molecule has 4 aromatic carbocycles. The second-order valence-electron chi connectivity index (χ2n) is 9.23. The van der Waals surface area contributed by atoms with Crippen molar-refractivity contribution < 1.29 is 0 Å². The molecule has 6 rings (SSSR count). The number of fused-ring (bicyclic) bond motifs is 4. The topological polar surface area (TPSA) is 12.9 Å². The molecule has 160 valence electrons. The fourth-order valence-corrected chi connectivity index (χ4v) is 5.28. The second kappa shape index (κ2) is 8.01. The number of rotatable bonds is 3. The zero-order valence-electron chi connectivity index (χ0n) is 19.2. The Morgan fingerprint density at radius 3 is 2.48 bits per heavy atom.